The number of rotatable bonds is 3. The van der Waals surface area contributed by atoms with Gasteiger partial charge in [0.25, 0.3) is 5.91 Å². The number of hydrogen-bond acceptors (Lipinski definition) is 2. The van der Waals surface area contributed by atoms with Crippen LogP contribution in [0.3, 0.4) is 0 Å². The Morgan fingerprint density at radius 2 is 1.68 bits per heavy atom. The van der Waals surface area contributed by atoms with Crippen molar-refractivity contribution in [2.45, 2.75) is 52.0 Å². The van der Waals surface area contributed by atoms with Crippen molar-refractivity contribution < 1.29 is 41.0 Å². The number of nitrogens with zero attached hydrogens (tertiary/aromatic N) is 2. The molecule has 0 saturated heterocycles. The number of amides is 1. The average molecular weight is 538 g/mol. The van der Waals surface area contributed by atoms with Crippen molar-refractivity contribution in [1.29, 1.82) is 0 Å². The Hall–Kier alpha value is -3.76. The van der Waals surface area contributed by atoms with E-state index in [1.54, 1.807) is 25.3 Å². The summed E-state index contributed by atoms with van der Waals surface area (Å²) in [5.74, 6) is -2.82. The van der Waals surface area contributed by atoms with Crippen molar-refractivity contribution in [3.63, 3.8) is 0 Å². The van der Waals surface area contributed by atoms with Gasteiger partial charge in [0.05, 0.1) is 28.0 Å². The molecule has 3 aromatic rings. The highest BCUT2D eigenvalue weighted by Crippen LogP contribution is 2.44. The molecule has 1 aliphatic heterocycles. The number of aliphatic carboxylic acids is 1. The molecule has 38 heavy (non-hydrogen) atoms. The number of carboxylic acids is 1. The zero-order chi connectivity index (χ0) is 28.4. The molecule has 2 heterocycles. The van der Waals surface area contributed by atoms with Gasteiger partial charge in [-0.3, -0.25) is 4.79 Å². The van der Waals surface area contributed by atoms with E-state index in [1.165, 1.54) is 0 Å². The molecule has 0 unspecified atom stereocenters. The van der Waals surface area contributed by atoms with Gasteiger partial charge in [0.15, 0.2) is 0 Å². The van der Waals surface area contributed by atoms with Gasteiger partial charge in [-0.25, -0.2) is 4.79 Å². The van der Waals surface area contributed by atoms with Crippen molar-refractivity contribution in [3.8, 4) is 0 Å². The fraction of sp³-hybridized carbons (Fsp3) is 0.333. The SMILES string of the molecule is CCn1c2c(c3c(C)cccc31)C(C)(C)CN(C(=O)c1cc(C(F)(F)F)ccc1C(F)(F)F)C=C2C(=O)O. The van der Waals surface area contributed by atoms with Crippen molar-refractivity contribution in [1.82, 2.24) is 9.47 Å². The molecule has 1 aliphatic rings. The Labute approximate surface area is 214 Å². The second-order valence-corrected chi connectivity index (χ2v) is 9.86. The smallest absolute Gasteiger partial charge is 0.417 e. The second kappa shape index (κ2) is 8.92. The molecule has 5 nitrogen and oxygen atoms in total. The molecule has 11 heteroatoms. The highest BCUT2D eigenvalue weighted by molar-refractivity contribution is 6.18. The number of aryl methyl sites for hydroxylation is 2. The molecule has 4 rings (SSSR count). The summed E-state index contributed by atoms with van der Waals surface area (Å²) in [4.78, 5) is 26.8. The largest absolute Gasteiger partial charge is 0.478 e. The second-order valence-electron chi connectivity index (χ2n) is 9.86. The van der Waals surface area contributed by atoms with Crippen LogP contribution in [-0.2, 0) is 29.1 Å². The third-order valence-corrected chi connectivity index (χ3v) is 6.77. The van der Waals surface area contributed by atoms with E-state index in [4.69, 9.17) is 0 Å². The minimum Gasteiger partial charge on any atom is -0.478 e. The maximum Gasteiger partial charge on any atom is 0.417 e. The van der Waals surface area contributed by atoms with Gasteiger partial charge < -0.3 is 14.6 Å². The Morgan fingerprint density at radius 3 is 2.24 bits per heavy atom. The number of carbonyl (C=O) groups excluding carboxylic acids is 1. The van der Waals surface area contributed by atoms with E-state index in [9.17, 15) is 41.0 Å². The summed E-state index contributed by atoms with van der Waals surface area (Å²) in [6, 6.07) is 6.14. The first-order chi connectivity index (χ1) is 17.5. The highest BCUT2D eigenvalue weighted by atomic mass is 19.4. The monoisotopic (exact) mass is 538 g/mol. The van der Waals surface area contributed by atoms with Crippen LogP contribution < -0.4 is 0 Å². The molecule has 1 aromatic heterocycles. The van der Waals surface area contributed by atoms with Crippen LogP contribution in [0.2, 0.25) is 0 Å². The summed E-state index contributed by atoms with van der Waals surface area (Å²) in [6.07, 6.45) is -9.19. The highest BCUT2D eigenvalue weighted by Gasteiger charge is 2.42. The van der Waals surface area contributed by atoms with Gasteiger partial charge in [-0.15, -0.1) is 0 Å². The molecule has 0 saturated carbocycles. The summed E-state index contributed by atoms with van der Waals surface area (Å²) >= 11 is 0. The normalized spacial score (nSPS) is 15.7. The summed E-state index contributed by atoms with van der Waals surface area (Å²) in [5, 5.41) is 10.9. The predicted molar refractivity (Wildman–Crippen MR) is 128 cm³/mol. The van der Waals surface area contributed by atoms with Gasteiger partial charge in [0.2, 0.25) is 0 Å². The lowest BCUT2D eigenvalue weighted by molar-refractivity contribution is -0.141. The summed E-state index contributed by atoms with van der Waals surface area (Å²) in [7, 11) is 0. The number of alkyl halides is 6. The van der Waals surface area contributed by atoms with Gasteiger partial charge in [-0.2, -0.15) is 26.3 Å². The van der Waals surface area contributed by atoms with E-state index >= 15 is 0 Å². The maximum atomic E-state index is 13.8. The zero-order valence-electron chi connectivity index (χ0n) is 20.9. The first-order valence-corrected chi connectivity index (χ1v) is 11.7. The number of aromatic nitrogens is 1. The molecular formula is C27H24F6N2O3. The fourth-order valence-corrected chi connectivity index (χ4v) is 5.20. The van der Waals surface area contributed by atoms with Crippen LogP contribution in [0.25, 0.3) is 16.5 Å². The van der Waals surface area contributed by atoms with E-state index in [1.807, 2.05) is 25.1 Å². The van der Waals surface area contributed by atoms with Crippen LogP contribution in [0.15, 0.2) is 42.6 Å². The number of carbonyl (C=O) groups is 2. The molecular weight excluding hydrogens is 514 g/mol. The molecule has 1 amide bonds. The van der Waals surface area contributed by atoms with Gasteiger partial charge >= 0.3 is 18.3 Å². The van der Waals surface area contributed by atoms with Crippen LogP contribution in [0.4, 0.5) is 26.3 Å². The Morgan fingerprint density at radius 1 is 1.03 bits per heavy atom. The first-order valence-electron chi connectivity index (χ1n) is 11.7. The standard InChI is InChI=1S/C27H24F6N2O3/c1-5-35-19-8-6-7-14(2)20(19)21-22(35)17(24(37)38)12-34(13-25(21,3)4)23(36)16-11-15(26(28,29)30)9-10-18(16)27(31,32)33/h6-12H,5,13H2,1-4H3,(H,37,38). The van der Waals surface area contributed by atoms with E-state index in [2.05, 4.69) is 0 Å². The van der Waals surface area contributed by atoms with E-state index in [0.29, 0.717) is 17.8 Å². The Kier molecular flexibility index (Phi) is 6.40. The lowest BCUT2D eigenvalue weighted by Crippen LogP contribution is -2.37. The topological polar surface area (TPSA) is 62.5 Å². The number of fused-ring (bicyclic) bond motifs is 3. The van der Waals surface area contributed by atoms with Crippen molar-refractivity contribution in [2.24, 2.45) is 0 Å². The van der Waals surface area contributed by atoms with E-state index in [-0.39, 0.29) is 30.3 Å². The molecule has 0 aliphatic carbocycles. The molecule has 0 atom stereocenters. The van der Waals surface area contributed by atoms with Crippen molar-refractivity contribution >= 4 is 28.4 Å². The number of carboxylic acid groups (broad SMARTS) is 1. The Balaban J connectivity index is 2.00. The maximum absolute atomic E-state index is 13.8. The van der Waals surface area contributed by atoms with E-state index in [0.717, 1.165) is 27.6 Å². The summed E-state index contributed by atoms with van der Waals surface area (Å²) < 4.78 is 83.1. The van der Waals surface area contributed by atoms with Gasteiger partial charge in [0, 0.05) is 35.6 Å². The van der Waals surface area contributed by atoms with Crippen LogP contribution in [0.5, 0.6) is 0 Å². The number of benzene rings is 2. The van der Waals surface area contributed by atoms with Crippen LogP contribution >= 0.6 is 0 Å². The van der Waals surface area contributed by atoms with Gasteiger partial charge in [0.1, 0.15) is 0 Å². The quantitative estimate of drug-likeness (QED) is 0.371. The number of hydrogen-bond donors (Lipinski definition) is 1. The average Bonchev–Trinajstić information content (AvgIpc) is 3.09. The first kappa shape index (κ1) is 27.3. The minimum absolute atomic E-state index is 0.163. The molecule has 202 valence electrons. The third-order valence-electron chi connectivity index (χ3n) is 6.77. The molecule has 0 spiro atoms. The summed E-state index contributed by atoms with van der Waals surface area (Å²) in [5.41, 5.74) is -3.04. The predicted octanol–water partition coefficient (Wildman–Crippen LogP) is 6.87. The molecule has 0 bridgehead atoms. The molecule has 1 N–H and O–H groups in total. The molecule has 2 aromatic carbocycles. The zero-order valence-corrected chi connectivity index (χ0v) is 20.9. The van der Waals surface area contributed by atoms with Crippen LogP contribution in [-0.4, -0.2) is 33.0 Å². The van der Waals surface area contributed by atoms with Crippen LogP contribution in [0.1, 0.15) is 59.1 Å². The van der Waals surface area contributed by atoms with Crippen LogP contribution in [0, 0.1) is 6.92 Å². The van der Waals surface area contributed by atoms with E-state index < -0.39 is 46.3 Å². The van der Waals surface area contributed by atoms with Gasteiger partial charge in [-0.05, 0) is 49.2 Å². The lowest BCUT2D eigenvalue weighted by atomic mass is 9.81. The Bertz CT molecular complexity index is 1500. The summed E-state index contributed by atoms with van der Waals surface area (Å²) in [6.45, 7) is 7.16. The minimum atomic E-state index is -5.12. The lowest BCUT2D eigenvalue weighted by Gasteiger charge is -2.30. The molecule has 0 radical (unpaired) electrons. The number of halogens is 6. The fourth-order valence-electron chi connectivity index (χ4n) is 5.20. The van der Waals surface area contributed by atoms with Gasteiger partial charge in [-0.1, -0.05) is 26.0 Å². The van der Waals surface area contributed by atoms with Crippen molar-refractivity contribution in [3.05, 3.63) is 76.1 Å². The third kappa shape index (κ3) is 4.43. The van der Waals surface area contributed by atoms with Crippen molar-refractivity contribution in [2.75, 3.05) is 6.54 Å². The molecule has 0 fully saturated rings.